The van der Waals surface area contributed by atoms with E-state index >= 15 is 0 Å². The van der Waals surface area contributed by atoms with Crippen LogP contribution in [0.5, 0.6) is 0 Å². The molecule has 1 unspecified atom stereocenters. The van der Waals surface area contributed by atoms with E-state index in [0.29, 0.717) is 6.61 Å². The fourth-order valence-corrected chi connectivity index (χ4v) is 2.77. The number of rotatable bonds is 8. The van der Waals surface area contributed by atoms with Gasteiger partial charge in [-0.1, -0.05) is 54.6 Å². The first-order valence-corrected chi connectivity index (χ1v) is 8.52. The molecule has 0 aliphatic carbocycles. The van der Waals surface area contributed by atoms with Gasteiger partial charge in [0.15, 0.2) is 0 Å². The molecule has 0 aliphatic heterocycles. The van der Waals surface area contributed by atoms with E-state index in [-0.39, 0.29) is 6.04 Å². The number of aromatic nitrogens is 3. The third-order valence-corrected chi connectivity index (χ3v) is 4.24. The minimum Gasteiger partial charge on any atom is -0.383 e. The first-order valence-electron chi connectivity index (χ1n) is 8.52. The lowest BCUT2D eigenvalue weighted by atomic mass is 10.0. The highest BCUT2D eigenvalue weighted by Gasteiger charge is 2.12. The molecule has 3 rings (SSSR count). The molecule has 3 aromatic rings. The molecule has 0 spiro atoms. The smallest absolute Gasteiger partial charge is 0.149 e. The molecule has 1 atom stereocenters. The highest BCUT2D eigenvalue weighted by atomic mass is 16.5. The van der Waals surface area contributed by atoms with Gasteiger partial charge in [0.05, 0.1) is 12.6 Å². The Morgan fingerprint density at radius 3 is 2.48 bits per heavy atom. The SMILES string of the molecule is COCCn1cnnc1C(C)NCc1ccc(-c2ccccc2)cc1. The van der Waals surface area contributed by atoms with E-state index in [1.165, 1.54) is 16.7 Å². The van der Waals surface area contributed by atoms with Crippen LogP contribution < -0.4 is 5.32 Å². The molecule has 5 nitrogen and oxygen atoms in total. The topological polar surface area (TPSA) is 52.0 Å². The van der Waals surface area contributed by atoms with Crippen LogP contribution in [0.2, 0.25) is 0 Å². The molecule has 0 bridgehead atoms. The van der Waals surface area contributed by atoms with Crippen molar-refractivity contribution < 1.29 is 4.74 Å². The third kappa shape index (κ3) is 4.53. The maximum atomic E-state index is 5.13. The van der Waals surface area contributed by atoms with Crippen molar-refractivity contribution in [3.05, 3.63) is 72.3 Å². The van der Waals surface area contributed by atoms with Crippen molar-refractivity contribution in [1.82, 2.24) is 20.1 Å². The molecule has 0 aliphatic rings. The summed E-state index contributed by atoms with van der Waals surface area (Å²) >= 11 is 0. The number of hydrogen-bond acceptors (Lipinski definition) is 4. The Hall–Kier alpha value is -2.50. The second-order valence-electron chi connectivity index (χ2n) is 6.04. The molecule has 0 saturated heterocycles. The summed E-state index contributed by atoms with van der Waals surface area (Å²) in [7, 11) is 1.70. The molecular weight excluding hydrogens is 312 g/mol. The second kappa shape index (κ2) is 8.55. The molecule has 0 saturated carbocycles. The summed E-state index contributed by atoms with van der Waals surface area (Å²) < 4.78 is 7.16. The summed E-state index contributed by atoms with van der Waals surface area (Å²) in [6, 6.07) is 19.2. The van der Waals surface area contributed by atoms with Crippen molar-refractivity contribution in [2.45, 2.75) is 26.1 Å². The summed E-state index contributed by atoms with van der Waals surface area (Å²) in [6.07, 6.45) is 1.75. The van der Waals surface area contributed by atoms with Gasteiger partial charge in [0.2, 0.25) is 0 Å². The standard InChI is InChI=1S/C20H24N4O/c1-16(20-23-22-15-24(20)12-13-25-2)21-14-17-8-10-19(11-9-17)18-6-4-3-5-7-18/h3-11,15-16,21H,12-14H2,1-2H3. The Morgan fingerprint density at radius 2 is 1.76 bits per heavy atom. The summed E-state index contributed by atoms with van der Waals surface area (Å²) in [5.74, 6) is 0.929. The van der Waals surface area contributed by atoms with Gasteiger partial charge in [0.1, 0.15) is 12.2 Å². The van der Waals surface area contributed by atoms with Gasteiger partial charge in [-0.3, -0.25) is 0 Å². The average Bonchev–Trinajstić information content (AvgIpc) is 3.14. The van der Waals surface area contributed by atoms with Crippen LogP contribution in [0.4, 0.5) is 0 Å². The van der Waals surface area contributed by atoms with E-state index in [4.69, 9.17) is 4.74 Å². The van der Waals surface area contributed by atoms with Gasteiger partial charge in [-0.2, -0.15) is 0 Å². The molecule has 1 heterocycles. The van der Waals surface area contributed by atoms with Gasteiger partial charge >= 0.3 is 0 Å². The summed E-state index contributed by atoms with van der Waals surface area (Å²) in [6.45, 7) is 4.30. The predicted octanol–water partition coefficient (Wildman–Crippen LogP) is 3.44. The fraction of sp³-hybridized carbons (Fsp3) is 0.300. The predicted molar refractivity (Wildman–Crippen MR) is 99.0 cm³/mol. The minimum absolute atomic E-state index is 0.119. The first-order chi connectivity index (χ1) is 12.3. The Kier molecular flexibility index (Phi) is 5.93. The Bertz CT molecular complexity index is 768. The van der Waals surface area contributed by atoms with Crippen molar-refractivity contribution in [1.29, 1.82) is 0 Å². The zero-order valence-electron chi connectivity index (χ0n) is 14.7. The van der Waals surface area contributed by atoms with E-state index in [1.54, 1.807) is 13.4 Å². The number of methoxy groups -OCH3 is 1. The molecule has 25 heavy (non-hydrogen) atoms. The van der Waals surface area contributed by atoms with Crippen LogP contribution in [0.15, 0.2) is 60.9 Å². The summed E-state index contributed by atoms with van der Waals surface area (Å²) in [5, 5.41) is 11.8. The minimum atomic E-state index is 0.119. The molecule has 1 aromatic heterocycles. The van der Waals surface area contributed by atoms with E-state index in [1.807, 2.05) is 10.6 Å². The summed E-state index contributed by atoms with van der Waals surface area (Å²) in [4.78, 5) is 0. The Labute approximate surface area is 148 Å². The molecular formula is C20H24N4O. The van der Waals surface area contributed by atoms with Crippen molar-refractivity contribution in [3.63, 3.8) is 0 Å². The lowest BCUT2D eigenvalue weighted by Crippen LogP contribution is -2.22. The van der Waals surface area contributed by atoms with Crippen molar-refractivity contribution in [2.24, 2.45) is 0 Å². The second-order valence-corrected chi connectivity index (χ2v) is 6.04. The van der Waals surface area contributed by atoms with E-state index in [2.05, 4.69) is 71.0 Å². The summed E-state index contributed by atoms with van der Waals surface area (Å²) in [5.41, 5.74) is 3.72. The molecule has 2 aromatic carbocycles. The highest BCUT2D eigenvalue weighted by molar-refractivity contribution is 5.63. The van der Waals surface area contributed by atoms with Crippen LogP contribution in [0, 0.1) is 0 Å². The van der Waals surface area contributed by atoms with Crippen LogP contribution in [0.3, 0.4) is 0 Å². The molecule has 5 heteroatoms. The van der Waals surface area contributed by atoms with Gasteiger partial charge in [-0.25, -0.2) is 0 Å². The van der Waals surface area contributed by atoms with Crippen LogP contribution >= 0.6 is 0 Å². The first kappa shape index (κ1) is 17.3. The lowest BCUT2D eigenvalue weighted by Gasteiger charge is -2.15. The number of nitrogens with one attached hydrogen (secondary N) is 1. The third-order valence-electron chi connectivity index (χ3n) is 4.24. The Morgan fingerprint density at radius 1 is 1.04 bits per heavy atom. The zero-order chi connectivity index (χ0) is 17.5. The van der Waals surface area contributed by atoms with E-state index < -0.39 is 0 Å². The molecule has 130 valence electrons. The van der Waals surface area contributed by atoms with Crippen LogP contribution in [-0.4, -0.2) is 28.5 Å². The van der Waals surface area contributed by atoms with Gasteiger partial charge in [-0.05, 0) is 23.6 Å². The van der Waals surface area contributed by atoms with Gasteiger partial charge in [0.25, 0.3) is 0 Å². The van der Waals surface area contributed by atoms with Crippen LogP contribution in [-0.2, 0) is 17.8 Å². The quantitative estimate of drug-likeness (QED) is 0.684. The molecule has 0 fully saturated rings. The number of hydrogen-bond donors (Lipinski definition) is 1. The van der Waals surface area contributed by atoms with E-state index in [0.717, 1.165) is 18.9 Å². The molecule has 0 amide bonds. The maximum absolute atomic E-state index is 5.13. The van der Waals surface area contributed by atoms with Crippen LogP contribution in [0.25, 0.3) is 11.1 Å². The van der Waals surface area contributed by atoms with Gasteiger partial charge < -0.3 is 14.6 Å². The van der Waals surface area contributed by atoms with Crippen molar-refractivity contribution in [3.8, 4) is 11.1 Å². The molecule has 0 radical (unpaired) electrons. The monoisotopic (exact) mass is 336 g/mol. The highest BCUT2D eigenvalue weighted by Crippen LogP contribution is 2.19. The molecule has 1 N–H and O–H groups in total. The van der Waals surface area contributed by atoms with Crippen molar-refractivity contribution >= 4 is 0 Å². The number of nitrogens with zero attached hydrogens (tertiary/aromatic N) is 3. The van der Waals surface area contributed by atoms with E-state index in [9.17, 15) is 0 Å². The van der Waals surface area contributed by atoms with Gasteiger partial charge in [0, 0.05) is 20.2 Å². The average molecular weight is 336 g/mol. The van der Waals surface area contributed by atoms with Crippen LogP contribution in [0.1, 0.15) is 24.4 Å². The maximum Gasteiger partial charge on any atom is 0.149 e. The lowest BCUT2D eigenvalue weighted by molar-refractivity contribution is 0.185. The normalized spacial score (nSPS) is 12.2. The largest absolute Gasteiger partial charge is 0.383 e. The number of ether oxygens (including phenoxy) is 1. The Balaban J connectivity index is 1.59. The zero-order valence-corrected chi connectivity index (χ0v) is 14.7. The number of benzene rings is 2. The fourth-order valence-electron chi connectivity index (χ4n) is 2.77. The van der Waals surface area contributed by atoms with Crippen molar-refractivity contribution in [2.75, 3.05) is 13.7 Å². The van der Waals surface area contributed by atoms with Gasteiger partial charge in [-0.15, -0.1) is 10.2 Å².